The van der Waals surface area contributed by atoms with Crippen molar-refractivity contribution in [2.75, 3.05) is 30.0 Å². The Morgan fingerprint density at radius 1 is 1.24 bits per heavy atom. The molecule has 0 unspecified atom stereocenters. The van der Waals surface area contributed by atoms with Crippen LogP contribution in [0.2, 0.25) is 0 Å². The fourth-order valence-electron chi connectivity index (χ4n) is 1.48. The zero-order valence-electron chi connectivity index (χ0n) is 9.59. The summed E-state index contributed by atoms with van der Waals surface area (Å²) in [7, 11) is 1.89. The van der Waals surface area contributed by atoms with Gasteiger partial charge in [0.2, 0.25) is 17.8 Å². The summed E-state index contributed by atoms with van der Waals surface area (Å²) in [5, 5.41) is 0. The number of nitrogens with zero attached hydrogens (tertiary/aromatic N) is 4. The number of nitrogens with one attached hydrogen (secondary N) is 1. The zero-order chi connectivity index (χ0) is 12.3. The Hall–Kier alpha value is -2.31. The molecule has 0 aliphatic heterocycles. The molecule has 0 fully saturated rings. The topological polar surface area (TPSA) is 110 Å². The third kappa shape index (κ3) is 2.83. The minimum absolute atomic E-state index is 0.138. The molecule has 90 valence electrons. The lowest BCUT2D eigenvalue weighted by atomic mass is 10.3. The molecule has 0 aliphatic rings. The Bertz CT molecular complexity index is 459. The van der Waals surface area contributed by atoms with Crippen LogP contribution >= 0.6 is 0 Å². The van der Waals surface area contributed by atoms with Gasteiger partial charge >= 0.3 is 0 Å². The van der Waals surface area contributed by atoms with Crippen LogP contribution in [0.4, 0.5) is 17.8 Å². The van der Waals surface area contributed by atoms with E-state index in [9.17, 15) is 0 Å². The minimum Gasteiger partial charge on any atom is -0.368 e. The van der Waals surface area contributed by atoms with Gasteiger partial charge in [0.15, 0.2) is 0 Å². The average Bonchev–Trinajstić information content (AvgIpc) is 2.77. The molecule has 2 heterocycles. The minimum atomic E-state index is 0.138. The Balaban J connectivity index is 2.01. The molecule has 0 spiro atoms. The maximum Gasteiger partial charge on any atom is 0.231 e. The summed E-state index contributed by atoms with van der Waals surface area (Å²) in [4.78, 5) is 16.8. The summed E-state index contributed by atoms with van der Waals surface area (Å²) in [6, 6.07) is 4.00. The first-order valence-corrected chi connectivity index (χ1v) is 5.25. The van der Waals surface area contributed by atoms with Gasteiger partial charge in [-0.15, -0.1) is 0 Å². The van der Waals surface area contributed by atoms with Crippen LogP contribution in [0.15, 0.2) is 18.3 Å². The van der Waals surface area contributed by atoms with Gasteiger partial charge < -0.3 is 21.4 Å². The first-order valence-electron chi connectivity index (χ1n) is 5.25. The number of H-pyrrole nitrogens is 1. The highest BCUT2D eigenvalue weighted by Gasteiger charge is 2.07. The molecular formula is C10H15N7. The molecular weight excluding hydrogens is 218 g/mol. The summed E-state index contributed by atoms with van der Waals surface area (Å²) < 4.78 is 0. The number of anilines is 3. The summed E-state index contributed by atoms with van der Waals surface area (Å²) >= 11 is 0. The van der Waals surface area contributed by atoms with Crippen molar-refractivity contribution in [2.24, 2.45) is 0 Å². The van der Waals surface area contributed by atoms with Crippen molar-refractivity contribution < 1.29 is 0 Å². The van der Waals surface area contributed by atoms with E-state index in [-0.39, 0.29) is 11.9 Å². The largest absolute Gasteiger partial charge is 0.368 e. The molecule has 7 nitrogen and oxygen atoms in total. The lowest BCUT2D eigenvalue weighted by molar-refractivity contribution is 0.821. The molecule has 0 radical (unpaired) electrons. The first kappa shape index (κ1) is 11.2. The molecule has 0 aromatic carbocycles. The predicted molar refractivity (Wildman–Crippen MR) is 66.4 cm³/mol. The van der Waals surface area contributed by atoms with Gasteiger partial charge in [-0.25, -0.2) is 0 Å². The number of aromatic amines is 1. The van der Waals surface area contributed by atoms with E-state index >= 15 is 0 Å². The van der Waals surface area contributed by atoms with E-state index < -0.39 is 0 Å². The highest BCUT2D eigenvalue weighted by atomic mass is 15.3. The monoisotopic (exact) mass is 233 g/mol. The number of hydrogen-bond donors (Lipinski definition) is 3. The van der Waals surface area contributed by atoms with E-state index in [1.807, 2.05) is 30.3 Å². The third-order valence-electron chi connectivity index (χ3n) is 2.38. The van der Waals surface area contributed by atoms with E-state index in [2.05, 4.69) is 19.9 Å². The van der Waals surface area contributed by atoms with Gasteiger partial charge in [-0.1, -0.05) is 0 Å². The molecule has 17 heavy (non-hydrogen) atoms. The molecule has 5 N–H and O–H groups in total. The molecule has 0 aliphatic carbocycles. The van der Waals surface area contributed by atoms with Crippen LogP contribution in [0.1, 0.15) is 5.69 Å². The maximum absolute atomic E-state index is 5.51. The Labute approximate surface area is 98.9 Å². The van der Waals surface area contributed by atoms with E-state index in [0.29, 0.717) is 5.95 Å². The molecule has 0 amide bonds. The number of hydrogen-bond acceptors (Lipinski definition) is 6. The van der Waals surface area contributed by atoms with Gasteiger partial charge in [-0.05, 0) is 12.1 Å². The van der Waals surface area contributed by atoms with Gasteiger partial charge in [0.1, 0.15) is 0 Å². The number of nitrogens with two attached hydrogens (primary N) is 2. The van der Waals surface area contributed by atoms with Gasteiger partial charge in [-0.3, -0.25) is 0 Å². The van der Waals surface area contributed by atoms with Crippen molar-refractivity contribution in [3.8, 4) is 0 Å². The van der Waals surface area contributed by atoms with Crippen LogP contribution < -0.4 is 16.4 Å². The summed E-state index contributed by atoms with van der Waals surface area (Å²) in [5.74, 6) is 0.764. The molecule has 0 saturated heterocycles. The van der Waals surface area contributed by atoms with Gasteiger partial charge in [0.25, 0.3) is 0 Å². The molecule has 2 aromatic heterocycles. The van der Waals surface area contributed by atoms with E-state index in [1.54, 1.807) is 0 Å². The molecule has 2 rings (SSSR count). The SMILES string of the molecule is CN(CCc1ccc[nH]1)c1nc(N)nc(N)n1. The second kappa shape index (κ2) is 4.69. The van der Waals surface area contributed by atoms with Crippen LogP contribution in [-0.4, -0.2) is 33.5 Å². The van der Waals surface area contributed by atoms with Crippen molar-refractivity contribution in [3.05, 3.63) is 24.0 Å². The lowest BCUT2D eigenvalue weighted by Gasteiger charge is -2.16. The van der Waals surface area contributed by atoms with Gasteiger partial charge in [0, 0.05) is 31.9 Å². The second-order valence-corrected chi connectivity index (χ2v) is 3.72. The normalized spacial score (nSPS) is 10.4. The van der Waals surface area contributed by atoms with Crippen LogP contribution in [-0.2, 0) is 6.42 Å². The quantitative estimate of drug-likeness (QED) is 0.688. The molecule has 2 aromatic rings. The van der Waals surface area contributed by atoms with Crippen molar-refractivity contribution in [3.63, 3.8) is 0 Å². The van der Waals surface area contributed by atoms with Crippen molar-refractivity contribution in [2.45, 2.75) is 6.42 Å². The number of likely N-dealkylation sites (N-methyl/N-ethyl adjacent to an activating group) is 1. The van der Waals surface area contributed by atoms with Crippen LogP contribution in [0.5, 0.6) is 0 Å². The average molecular weight is 233 g/mol. The number of nitrogen functional groups attached to an aromatic ring is 2. The highest BCUT2D eigenvalue weighted by Crippen LogP contribution is 2.09. The van der Waals surface area contributed by atoms with E-state index in [4.69, 9.17) is 11.5 Å². The third-order valence-corrected chi connectivity index (χ3v) is 2.38. The summed E-state index contributed by atoms with van der Waals surface area (Å²) in [6.07, 6.45) is 2.77. The van der Waals surface area contributed by atoms with Gasteiger partial charge in [0.05, 0.1) is 0 Å². The van der Waals surface area contributed by atoms with Crippen LogP contribution in [0.3, 0.4) is 0 Å². The number of rotatable bonds is 4. The molecule has 0 saturated carbocycles. The van der Waals surface area contributed by atoms with Crippen LogP contribution in [0.25, 0.3) is 0 Å². The van der Waals surface area contributed by atoms with Gasteiger partial charge in [-0.2, -0.15) is 15.0 Å². The second-order valence-electron chi connectivity index (χ2n) is 3.72. The fraction of sp³-hybridized carbons (Fsp3) is 0.300. The maximum atomic E-state index is 5.51. The molecule has 0 bridgehead atoms. The smallest absolute Gasteiger partial charge is 0.231 e. The molecule has 7 heteroatoms. The standard InChI is InChI=1S/C10H15N7/c1-17(6-4-7-3-2-5-13-7)10-15-8(11)14-9(12)16-10/h2-3,5,13H,4,6H2,1H3,(H4,11,12,14,15,16). The molecule has 0 atom stereocenters. The first-order chi connectivity index (χ1) is 8.15. The summed E-state index contributed by atoms with van der Waals surface area (Å²) in [5.41, 5.74) is 12.2. The lowest BCUT2D eigenvalue weighted by Crippen LogP contribution is -2.24. The van der Waals surface area contributed by atoms with E-state index in [1.165, 1.54) is 0 Å². The van der Waals surface area contributed by atoms with Crippen LogP contribution in [0, 0.1) is 0 Å². The Morgan fingerprint density at radius 3 is 2.53 bits per heavy atom. The highest BCUT2D eigenvalue weighted by molar-refractivity contribution is 5.38. The van der Waals surface area contributed by atoms with Crippen molar-refractivity contribution in [1.82, 2.24) is 19.9 Å². The zero-order valence-corrected chi connectivity index (χ0v) is 9.59. The predicted octanol–water partition coefficient (Wildman–Crippen LogP) is 0.0430. The van der Waals surface area contributed by atoms with Crippen molar-refractivity contribution >= 4 is 17.8 Å². The fourth-order valence-corrected chi connectivity index (χ4v) is 1.48. The van der Waals surface area contributed by atoms with E-state index in [0.717, 1.165) is 18.7 Å². The Morgan fingerprint density at radius 2 is 1.94 bits per heavy atom. The number of aromatic nitrogens is 4. The Kier molecular flexibility index (Phi) is 3.08. The van der Waals surface area contributed by atoms with Crippen molar-refractivity contribution in [1.29, 1.82) is 0 Å². The summed E-state index contributed by atoms with van der Waals surface area (Å²) in [6.45, 7) is 0.767.